The Kier molecular flexibility index (Phi) is 6.01. The van der Waals surface area contributed by atoms with E-state index in [1.807, 2.05) is 13.8 Å². The van der Waals surface area contributed by atoms with Crippen LogP contribution in [0.3, 0.4) is 0 Å². The maximum absolute atomic E-state index is 12.4. The van der Waals surface area contributed by atoms with Crippen molar-refractivity contribution in [1.82, 2.24) is 4.90 Å². The van der Waals surface area contributed by atoms with Gasteiger partial charge in [0.05, 0.1) is 28.5 Å². The standard InChI is InChI=1S/C19H23ClN2O5/c1-12-9-21(10-13(2)27-12)18(24)11-26-19(25)14-5-6-15(20)16(8-14)22-7-3-4-17(22)23/h5-6,8,12-13H,3-4,7,9-11H2,1-2H3/t12-,13+. The molecule has 7 nitrogen and oxygen atoms in total. The minimum absolute atomic E-state index is 0.0202. The molecular weight excluding hydrogens is 372 g/mol. The molecule has 0 unspecified atom stereocenters. The van der Waals surface area contributed by atoms with Crippen LogP contribution in [0.4, 0.5) is 5.69 Å². The maximum atomic E-state index is 12.4. The quantitative estimate of drug-likeness (QED) is 0.732. The van der Waals surface area contributed by atoms with Crippen molar-refractivity contribution in [2.75, 3.05) is 31.1 Å². The van der Waals surface area contributed by atoms with E-state index in [4.69, 9.17) is 21.1 Å². The highest BCUT2D eigenvalue weighted by Gasteiger charge is 2.27. The van der Waals surface area contributed by atoms with E-state index in [0.717, 1.165) is 6.42 Å². The van der Waals surface area contributed by atoms with Crippen LogP contribution in [0.5, 0.6) is 0 Å². The summed E-state index contributed by atoms with van der Waals surface area (Å²) in [5.41, 5.74) is 0.751. The minimum atomic E-state index is -0.623. The van der Waals surface area contributed by atoms with Crippen molar-refractivity contribution in [2.45, 2.75) is 38.9 Å². The summed E-state index contributed by atoms with van der Waals surface area (Å²) in [6.07, 6.45) is 1.13. The van der Waals surface area contributed by atoms with Crippen molar-refractivity contribution in [1.29, 1.82) is 0 Å². The normalized spacial score (nSPS) is 22.9. The van der Waals surface area contributed by atoms with Crippen molar-refractivity contribution in [3.05, 3.63) is 28.8 Å². The maximum Gasteiger partial charge on any atom is 0.338 e. The Bertz CT molecular complexity index is 744. The van der Waals surface area contributed by atoms with Gasteiger partial charge < -0.3 is 19.3 Å². The van der Waals surface area contributed by atoms with Crippen LogP contribution in [0.1, 0.15) is 37.0 Å². The number of rotatable bonds is 4. The first-order chi connectivity index (χ1) is 12.8. The van der Waals surface area contributed by atoms with Crippen LogP contribution in [0.25, 0.3) is 0 Å². The predicted molar refractivity (Wildman–Crippen MR) is 99.9 cm³/mol. The minimum Gasteiger partial charge on any atom is -0.452 e. The second kappa shape index (κ2) is 8.27. The molecule has 27 heavy (non-hydrogen) atoms. The molecule has 8 heteroatoms. The average Bonchev–Trinajstić information content (AvgIpc) is 3.04. The molecule has 146 valence electrons. The molecule has 1 aromatic carbocycles. The number of benzene rings is 1. The van der Waals surface area contributed by atoms with E-state index < -0.39 is 5.97 Å². The molecule has 1 aromatic rings. The molecule has 0 bridgehead atoms. The van der Waals surface area contributed by atoms with E-state index in [1.54, 1.807) is 15.9 Å². The number of ether oxygens (including phenoxy) is 2. The Hall–Kier alpha value is -2.12. The molecule has 2 aliphatic heterocycles. The third-order valence-corrected chi connectivity index (χ3v) is 4.96. The Labute approximate surface area is 163 Å². The SMILES string of the molecule is C[C@@H]1CN(C(=O)COC(=O)c2ccc(Cl)c(N3CCCC3=O)c2)C[C@H](C)O1. The summed E-state index contributed by atoms with van der Waals surface area (Å²) in [6, 6.07) is 4.63. The van der Waals surface area contributed by atoms with Crippen LogP contribution in [0, 0.1) is 0 Å². The number of carbonyl (C=O) groups excluding carboxylic acids is 3. The first kappa shape index (κ1) is 19.6. The van der Waals surface area contributed by atoms with Crippen molar-refractivity contribution >= 4 is 35.1 Å². The molecule has 2 atom stereocenters. The lowest BCUT2D eigenvalue weighted by atomic mass is 10.2. The lowest BCUT2D eigenvalue weighted by Crippen LogP contribution is -2.49. The summed E-state index contributed by atoms with van der Waals surface area (Å²) in [4.78, 5) is 39.8. The Morgan fingerprint density at radius 1 is 1.26 bits per heavy atom. The summed E-state index contributed by atoms with van der Waals surface area (Å²) >= 11 is 6.18. The molecule has 0 radical (unpaired) electrons. The zero-order chi connectivity index (χ0) is 19.6. The van der Waals surface area contributed by atoms with Crippen molar-refractivity contribution < 1.29 is 23.9 Å². The topological polar surface area (TPSA) is 76.2 Å². The molecule has 0 N–H and O–H groups in total. The van der Waals surface area contributed by atoms with Gasteiger partial charge in [-0.3, -0.25) is 9.59 Å². The highest BCUT2D eigenvalue weighted by atomic mass is 35.5. The van der Waals surface area contributed by atoms with Gasteiger partial charge in [0, 0.05) is 26.1 Å². The molecule has 0 aromatic heterocycles. The van der Waals surface area contributed by atoms with Crippen LogP contribution in [-0.2, 0) is 19.1 Å². The van der Waals surface area contributed by atoms with E-state index >= 15 is 0 Å². The fraction of sp³-hybridized carbons (Fsp3) is 0.526. The fourth-order valence-corrected chi connectivity index (χ4v) is 3.65. The van der Waals surface area contributed by atoms with Crippen LogP contribution >= 0.6 is 11.6 Å². The number of anilines is 1. The van der Waals surface area contributed by atoms with E-state index in [9.17, 15) is 14.4 Å². The second-order valence-corrected chi connectivity index (χ2v) is 7.35. The van der Waals surface area contributed by atoms with Gasteiger partial charge in [-0.1, -0.05) is 11.6 Å². The first-order valence-electron chi connectivity index (χ1n) is 9.05. The van der Waals surface area contributed by atoms with Crippen molar-refractivity contribution in [3.63, 3.8) is 0 Å². The molecule has 2 saturated heterocycles. The second-order valence-electron chi connectivity index (χ2n) is 6.95. The first-order valence-corrected chi connectivity index (χ1v) is 9.43. The van der Waals surface area contributed by atoms with Gasteiger partial charge >= 0.3 is 5.97 Å². The summed E-state index contributed by atoms with van der Waals surface area (Å²) in [5, 5.41) is 0.397. The molecule has 2 aliphatic rings. The van der Waals surface area contributed by atoms with Crippen LogP contribution in [-0.4, -0.2) is 61.1 Å². The van der Waals surface area contributed by atoms with Gasteiger partial charge in [-0.25, -0.2) is 4.79 Å². The molecule has 2 heterocycles. The summed E-state index contributed by atoms with van der Waals surface area (Å²) in [7, 11) is 0. The van der Waals surface area contributed by atoms with Gasteiger partial charge in [0.25, 0.3) is 5.91 Å². The van der Waals surface area contributed by atoms with Gasteiger partial charge in [-0.2, -0.15) is 0 Å². The highest BCUT2D eigenvalue weighted by molar-refractivity contribution is 6.34. The predicted octanol–water partition coefficient (Wildman–Crippen LogP) is 2.26. The highest BCUT2D eigenvalue weighted by Crippen LogP contribution is 2.30. The van der Waals surface area contributed by atoms with Gasteiger partial charge in [0.1, 0.15) is 0 Å². The lowest BCUT2D eigenvalue weighted by Gasteiger charge is -2.35. The van der Waals surface area contributed by atoms with E-state index in [0.29, 0.717) is 36.8 Å². The van der Waals surface area contributed by atoms with Crippen molar-refractivity contribution in [2.24, 2.45) is 0 Å². The van der Waals surface area contributed by atoms with E-state index in [2.05, 4.69) is 0 Å². The molecule has 2 fully saturated rings. The number of hydrogen-bond donors (Lipinski definition) is 0. The van der Waals surface area contributed by atoms with Crippen LogP contribution in [0.15, 0.2) is 18.2 Å². The molecular formula is C19H23ClN2O5. The molecule has 2 amide bonds. The number of nitrogens with zero attached hydrogens (tertiary/aromatic N) is 2. The van der Waals surface area contributed by atoms with Gasteiger partial charge in [0.2, 0.25) is 5.91 Å². The van der Waals surface area contributed by atoms with E-state index in [-0.39, 0.29) is 36.2 Å². The van der Waals surface area contributed by atoms with Gasteiger partial charge in [0.15, 0.2) is 6.61 Å². The third kappa shape index (κ3) is 4.59. The lowest BCUT2D eigenvalue weighted by molar-refractivity contribution is -0.146. The Morgan fingerprint density at radius 2 is 1.96 bits per heavy atom. The monoisotopic (exact) mass is 394 g/mol. The zero-order valence-electron chi connectivity index (χ0n) is 15.4. The summed E-state index contributed by atoms with van der Waals surface area (Å²) < 4.78 is 10.8. The number of halogens is 1. The van der Waals surface area contributed by atoms with Crippen LogP contribution in [0.2, 0.25) is 5.02 Å². The average molecular weight is 395 g/mol. The smallest absolute Gasteiger partial charge is 0.338 e. The van der Waals surface area contributed by atoms with Crippen molar-refractivity contribution in [3.8, 4) is 0 Å². The fourth-order valence-electron chi connectivity index (χ4n) is 3.43. The van der Waals surface area contributed by atoms with Gasteiger partial charge in [-0.05, 0) is 38.5 Å². The largest absolute Gasteiger partial charge is 0.452 e. The number of hydrogen-bond acceptors (Lipinski definition) is 5. The molecule has 0 aliphatic carbocycles. The summed E-state index contributed by atoms with van der Waals surface area (Å²) in [5.74, 6) is -0.898. The number of morpholine rings is 1. The zero-order valence-corrected chi connectivity index (χ0v) is 16.2. The Morgan fingerprint density at radius 3 is 2.59 bits per heavy atom. The summed E-state index contributed by atoms with van der Waals surface area (Å²) in [6.45, 7) is 4.99. The third-order valence-electron chi connectivity index (χ3n) is 4.65. The van der Waals surface area contributed by atoms with E-state index in [1.165, 1.54) is 12.1 Å². The Balaban J connectivity index is 1.63. The molecule has 3 rings (SSSR count). The number of carbonyl (C=O) groups is 3. The molecule has 0 saturated carbocycles. The van der Waals surface area contributed by atoms with Gasteiger partial charge in [-0.15, -0.1) is 0 Å². The molecule has 0 spiro atoms. The number of esters is 1. The number of amides is 2. The van der Waals surface area contributed by atoms with Crippen LogP contribution < -0.4 is 4.90 Å².